The van der Waals surface area contributed by atoms with Crippen LogP contribution in [0, 0.1) is 0 Å². The molecule has 0 saturated heterocycles. The van der Waals surface area contributed by atoms with E-state index in [4.69, 9.17) is 0 Å². The summed E-state index contributed by atoms with van der Waals surface area (Å²) in [5.74, 6) is -0.175. The lowest BCUT2D eigenvalue weighted by Gasteiger charge is -2.14. The van der Waals surface area contributed by atoms with Crippen molar-refractivity contribution in [1.82, 2.24) is 20.0 Å². The minimum atomic E-state index is -0.298. The quantitative estimate of drug-likeness (QED) is 0.674. The van der Waals surface area contributed by atoms with E-state index < -0.39 is 0 Å². The van der Waals surface area contributed by atoms with Crippen LogP contribution in [0.4, 0.5) is 0 Å². The van der Waals surface area contributed by atoms with Gasteiger partial charge < -0.3 is 10.2 Å². The number of rotatable bonds is 7. The van der Waals surface area contributed by atoms with Gasteiger partial charge in [-0.25, -0.2) is 4.68 Å². The summed E-state index contributed by atoms with van der Waals surface area (Å²) in [5.41, 5.74) is 0.482. The number of benzene rings is 1. The van der Waals surface area contributed by atoms with E-state index in [1.165, 1.54) is 9.58 Å². The lowest BCUT2D eigenvalue weighted by molar-refractivity contribution is -0.129. The average molecular weight is 437 g/mol. The Hall–Kier alpha value is -2.22. The van der Waals surface area contributed by atoms with E-state index in [9.17, 15) is 14.4 Å². The zero-order valence-electron chi connectivity index (χ0n) is 16.1. The summed E-state index contributed by atoms with van der Waals surface area (Å²) < 4.78 is 2.09. The molecule has 0 fully saturated rings. The van der Waals surface area contributed by atoms with Gasteiger partial charge in [-0.05, 0) is 30.5 Å². The number of carbonyl (C=O) groups excluding carboxylic acids is 2. The Labute approximate surface area is 166 Å². The number of fused-ring (bicyclic) bond motifs is 1. The second-order valence-corrected chi connectivity index (χ2v) is 7.85. The molecule has 0 atom stereocenters. The molecule has 0 unspecified atom stereocenters. The molecule has 0 saturated carbocycles. The molecule has 27 heavy (non-hydrogen) atoms. The third-order valence-corrected chi connectivity index (χ3v) is 4.67. The van der Waals surface area contributed by atoms with E-state index in [2.05, 4.69) is 26.3 Å². The average Bonchev–Trinajstić information content (AvgIpc) is 2.60. The predicted molar refractivity (Wildman–Crippen MR) is 109 cm³/mol. The summed E-state index contributed by atoms with van der Waals surface area (Å²) in [5, 5.41) is 8.50. The molecule has 0 aliphatic rings. The van der Waals surface area contributed by atoms with E-state index in [-0.39, 0.29) is 29.8 Å². The third kappa shape index (κ3) is 5.38. The fraction of sp³-hybridized carbons (Fsp3) is 0.474. The third-order valence-electron chi connectivity index (χ3n) is 4.18. The molecule has 0 radical (unpaired) electrons. The van der Waals surface area contributed by atoms with Crippen LogP contribution in [0.3, 0.4) is 0 Å². The molecule has 1 heterocycles. The molecule has 1 N–H and O–H groups in total. The minimum absolute atomic E-state index is 0.0180. The van der Waals surface area contributed by atoms with Gasteiger partial charge in [-0.15, -0.1) is 0 Å². The van der Waals surface area contributed by atoms with Crippen molar-refractivity contribution in [1.29, 1.82) is 0 Å². The number of aromatic nitrogens is 2. The fourth-order valence-corrected chi connectivity index (χ4v) is 3.06. The van der Waals surface area contributed by atoms with E-state index in [1.54, 1.807) is 26.2 Å². The molecule has 1 aromatic heterocycles. The summed E-state index contributed by atoms with van der Waals surface area (Å²) in [6.45, 7) is 4.23. The van der Waals surface area contributed by atoms with Crippen LogP contribution in [0.15, 0.2) is 27.5 Å². The molecule has 146 valence electrons. The van der Waals surface area contributed by atoms with Crippen molar-refractivity contribution >= 4 is 38.5 Å². The van der Waals surface area contributed by atoms with Gasteiger partial charge >= 0.3 is 0 Å². The molecular formula is C19H25BrN4O3. The number of amides is 2. The van der Waals surface area contributed by atoms with Crippen LogP contribution in [-0.4, -0.2) is 47.1 Å². The Morgan fingerprint density at radius 2 is 1.96 bits per heavy atom. The van der Waals surface area contributed by atoms with Crippen molar-refractivity contribution in [3.8, 4) is 0 Å². The van der Waals surface area contributed by atoms with Gasteiger partial charge in [0.15, 0.2) is 0 Å². The van der Waals surface area contributed by atoms with Crippen molar-refractivity contribution < 1.29 is 9.59 Å². The van der Waals surface area contributed by atoms with Crippen LogP contribution in [0.5, 0.6) is 0 Å². The minimum Gasteiger partial charge on any atom is -0.354 e. The number of carbonyl (C=O) groups is 2. The van der Waals surface area contributed by atoms with Crippen molar-refractivity contribution in [2.45, 2.75) is 39.2 Å². The Morgan fingerprint density at radius 3 is 2.59 bits per heavy atom. The number of hydrogen-bond donors (Lipinski definition) is 1. The molecule has 0 aliphatic heterocycles. The molecule has 2 aromatic rings. The molecule has 2 rings (SSSR count). The van der Waals surface area contributed by atoms with Gasteiger partial charge in [-0.2, -0.15) is 5.10 Å². The van der Waals surface area contributed by atoms with Gasteiger partial charge in [-0.3, -0.25) is 14.4 Å². The van der Waals surface area contributed by atoms with E-state index >= 15 is 0 Å². The van der Waals surface area contributed by atoms with E-state index in [0.717, 1.165) is 15.6 Å². The van der Waals surface area contributed by atoms with Crippen LogP contribution < -0.4 is 10.9 Å². The SMILES string of the molecule is CC(C)c1nn(CC(=O)NCCCC(=O)N(C)C)c(=O)c2ccc(Br)cc12. The van der Waals surface area contributed by atoms with Crippen LogP contribution >= 0.6 is 15.9 Å². The maximum absolute atomic E-state index is 12.7. The first-order valence-electron chi connectivity index (χ1n) is 8.87. The summed E-state index contributed by atoms with van der Waals surface area (Å²) >= 11 is 3.43. The van der Waals surface area contributed by atoms with E-state index in [1.807, 2.05) is 19.9 Å². The van der Waals surface area contributed by atoms with Gasteiger partial charge in [0.05, 0.1) is 11.1 Å². The molecule has 2 amide bonds. The zero-order valence-corrected chi connectivity index (χ0v) is 17.7. The van der Waals surface area contributed by atoms with Crippen molar-refractivity contribution in [2.24, 2.45) is 0 Å². The first-order valence-corrected chi connectivity index (χ1v) is 9.67. The van der Waals surface area contributed by atoms with Gasteiger partial charge in [-0.1, -0.05) is 29.8 Å². The Balaban J connectivity index is 2.13. The van der Waals surface area contributed by atoms with Crippen LogP contribution in [0.2, 0.25) is 0 Å². The van der Waals surface area contributed by atoms with Crippen LogP contribution in [0.1, 0.15) is 38.3 Å². The lowest BCUT2D eigenvalue weighted by Crippen LogP contribution is -2.35. The molecule has 1 aromatic carbocycles. The smallest absolute Gasteiger partial charge is 0.275 e. The normalized spacial score (nSPS) is 11.0. The van der Waals surface area contributed by atoms with Gasteiger partial charge in [0.1, 0.15) is 6.54 Å². The van der Waals surface area contributed by atoms with Crippen molar-refractivity contribution in [3.63, 3.8) is 0 Å². The number of nitrogens with zero attached hydrogens (tertiary/aromatic N) is 3. The second kappa shape index (κ2) is 9.12. The molecule has 7 nitrogen and oxygen atoms in total. The van der Waals surface area contributed by atoms with Crippen LogP contribution in [-0.2, 0) is 16.1 Å². The largest absolute Gasteiger partial charge is 0.354 e. The molecule has 8 heteroatoms. The fourth-order valence-electron chi connectivity index (χ4n) is 2.70. The number of halogens is 1. The zero-order chi connectivity index (χ0) is 20.1. The summed E-state index contributed by atoms with van der Waals surface area (Å²) in [4.78, 5) is 37.9. The van der Waals surface area contributed by atoms with Gasteiger partial charge in [0.25, 0.3) is 5.56 Å². The number of hydrogen-bond acceptors (Lipinski definition) is 4. The maximum atomic E-state index is 12.7. The Morgan fingerprint density at radius 1 is 1.26 bits per heavy atom. The Bertz CT molecular complexity index is 906. The van der Waals surface area contributed by atoms with Gasteiger partial charge in [0.2, 0.25) is 11.8 Å². The molecular weight excluding hydrogens is 412 g/mol. The number of nitrogens with one attached hydrogen (secondary N) is 1. The predicted octanol–water partition coefficient (Wildman–Crippen LogP) is 2.27. The Kier molecular flexibility index (Phi) is 7.12. The first-order chi connectivity index (χ1) is 12.7. The summed E-state index contributed by atoms with van der Waals surface area (Å²) in [7, 11) is 3.40. The topological polar surface area (TPSA) is 84.3 Å². The highest BCUT2D eigenvalue weighted by molar-refractivity contribution is 9.10. The maximum Gasteiger partial charge on any atom is 0.275 e. The highest BCUT2D eigenvalue weighted by Crippen LogP contribution is 2.24. The first kappa shape index (κ1) is 21.1. The van der Waals surface area contributed by atoms with Gasteiger partial charge in [0, 0.05) is 36.9 Å². The van der Waals surface area contributed by atoms with Crippen LogP contribution in [0.25, 0.3) is 10.8 Å². The molecule has 0 bridgehead atoms. The highest BCUT2D eigenvalue weighted by Gasteiger charge is 2.15. The summed E-state index contributed by atoms with van der Waals surface area (Å²) in [6.07, 6.45) is 0.919. The lowest BCUT2D eigenvalue weighted by atomic mass is 10.0. The van der Waals surface area contributed by atoms with Crippen molar-refractivity contribution in [2.75, 3.05) is 20.6 Å². The molecule has 0 spiro atoms. The molecule has 0 aliphatic carbocycles. The van der Waals surface area contributed by atoms with E-state index in [0.29, 0.717) is 24.8 Å². The van der Waals surface area contributed by atoms with Crippen molar-refractivity contribution in [3.05, 3.63) is 38.7 Å². The highest BCUT2D eigenvalue weighted by atomic mass is 79.9. The standard InChI is InChI=1S/C19H25BrN4O3/c1-12(2)18-15-10-13(20)7-8-14(15)19(27)24(22-18)11-16(25)21-9-5-6-17(26)23(3)4/h7-8,10,12H,5-6,9,11H2,1-4H3,(H,21,25). The monoisotopic (exact) mass is 436 g/mol. The second-order valence-electron chi connectivity index (χ2n) is 6.93. The summed E-state index contributed by atoms with van der Waals surface area (Å²) in [6, 6.07) is 5.43.